The van der Waals surface area contributed by atoms with Gasteiger partial charge in [0.1, 0.15) is 0 Å². The van der Waals surface area contributed by atoms with Crippen LogP contribution < -0.4 is 5.32 Å². The van der Waals surface area contributed by atoms with Crippen LogP contribution in [0.25, 0.3) is 0 Å². The smallest absolute Gasteiger partial charge is 0.220 e. The van der Waals surface area contributed by atoms with Gasteiger partial charge >= 0.3 is 0 Å². The van der Waals surface area contributed by atoms with Gasteiger partial charge in [-0.2, -0.15) is 0 Å². The van der Waals surface area contributed by atoms with Gasteiger partial charge in [0, 0.05) is 10.9 Å². The summed E-state index contributed by atoms with van der Waals surface area (Å²) in [4.78, 5) is 12.0. The number of hydrogen-bond donors (Lipinski definition) is 1. The predicted molar refractivity (Wildman–Crippen MR) is 82.3 cm³/mol. The Balaban J connectivity index is 1.89. The van der Waals surface area contributed by atoms with Crippen molar-refractivity contribution in [1.29, 1.82) is 0 Å². The molecule has 6 heteroatoms. The number of benzene rings is 1. The topological polar surface area (TPSA) is 63.2 Å². The fourth-order valence-corrected chi connectivity index (χ4v) is 5.03. The monoisotopic (exact) mass is 359 g/mol. The molecule has 1 aromatic carbocycles. The highest BCUT2D eigenvalue weighted by atomic mass is 79.9. The van der Waals surface area contributed by atoms with E-state index in [9.17, 15) is 13.2 Å². The van der Waals surface area contributed by atoms with Gasteiger partial charge < -0.3 is 5.32 Å². The minimum atomic E-state index is -3.00. The third kappa shape index (κ3) is 4.06. The number of aryl methyl sites for hydroxylation is 1. The van der Waals surface area contributed by atoms with E-state index in [-0.39, 0.29) is 17.4 Å². The van der Waals surface area contributed by atoms with Crippen LogP contribution in [0.5, 0.6) is 0 Å². The maximum Gasteiger partial charge on any atom is 0.220 e. The Kier molecular flexibility index (Phi) is 4.54. The summed E-state index contributed by atoms with van der Waals surface area (Å²) in [5.74, 6) is 0.106. The first-order chi connectivity index (χ1) is 9.30. The average Bonchev–Trinajstić information content (AvgIpc) is 2.62. The average molecular weight is 360 g/mol. The lowest BCUT2D eigenvalue weighted by atomic mass is 10.0. The van der Waals surface area contributed by atoms with E-state index in [1.807, 2.05) is 24.3 Å². The molecule has 110 valence electrons. The molecule has 0 aliphatic carbocycles. The fraction of sp³-hybridized carbons (Fsp3) is 0.500. The predicted octanol–water partition coefficient (Wildman–Crippen LogP) is 2.08. The first-order valence-electron chi connectivity index (χ1n) is 6.55. The second-order valence-corrected chi connectivity index (χ2v) is 8.58. The molecule has 20 heavy (non-hydrogen) atoms. The molecule has 0 spiro atoms. The van der Waals surface area contributed by atoms with Crippen LogP contribution in [0.2, 0.25) is 0 Å². The zero-order valence-electron chi connectivity index (χ0n) is 11.4. The number of sulfone groups is 1. The Morgan fingerprint density at radius 3 is 2.70 bits per heavy atom. The molecular formula is C14H18BrNO3S. The van der Waals surface area contributed by atoms with Crippen LogP contribution >= 0.6 is 15.9 Å². The summed E-state index contributed by atoms with van der Waals surface area (Å²) in [5, 5.41) is 2.87. The molecule has 1 saturated heterocycles. The van der Waals surface area contributed by atoms with Gasteiger partial charge in [0.25, 0.3) is 0 Å². The summed E-state index contributed by atoms with van der Waals surface area (Å²) in [6.07, 6.45) is 1.49. The molecule has 1 aromatic rings. The SMILES string of the molecule is CC1(NC(=O)CCc2ccccc2Br)CCS(=O)(=O)C1. The number of carbonyl (C=O) groups is 1. The van der Waals surface area contributed by atoms with Gasteiger partial charge in [-0.1, -0.05) is 34.1 Å². The first-order valence-corrected chi connectivity index (χ1v) is 9.16. The number of carbonyl (C=O) groups excluding carboxylic acids is 1. The number of rotatable bonds is 4. The van der Waals surface area contributed by atoms with Gasteiger partial charge in [-0.25, -0.2) is 8.42 Å². The van der Waals surface area contributed by atoms with E-state index in [2.05, 4.69) is 21.2 Å². The van der Waals surface area contributed by atoms with Gasteiger partial charge in [0.05, 0.1) is 17.0 Å². The summed E-state index contributed by atoms with van der Waals surface area (Å²) in [6.45, 7) is 1.80. The van der Waals surface area contributed by atoms with Gasteiger partial charge in [-0.15, -0.1) is 0 Å². The van der Waals surface area contributed by atoms with Crippen LogP contribution in [0.1, 0.15) is 25.3 Å². The summed E-state index contributed by atoms with van der Waals surface area (Å²) in [7, 11) is -3.00. The Labute approximate surface area is 128 Å². The van der Waals surface area contributed by atoms with Crippen molar-refractivity contribution in [3.8, 4) is 0 Å². The number of halogens is 1. The molecule has 0 saturated carbocycles. The third-order valence-electron chi connectivity index (χ3n) is 3.52. The van der Waals surface area contributed by atoms with Crippen molar-refractivity contribution in [3.05, 3.63) is 34.3 Å². The maximum absolute atomic E-state index is 12.0. The molecule has 1 aliphatic rings. The van der Waals surface area contributed by atoms with E-state index in [4.69, 9.17) is 0 Å². The zero-order chi connectivity index (χ0) is 14.8. The van der Waals surface area contributed by atoms with Crippen LogP contribution in [-0.4, -0.2) is 31.4 Å². The van der Waals surface area contributed by atoms with E-state index in [1.54, 1.807) is 6.92 Å². The minimum absolute atomic E-state index is 0.0424. The van der Waals surface area contributed by atoms with E-state index in [1.165, 1.54) is 0 Å². The molecule has 1 heterocycles. The fourth-order valence-electron chi connectivity index (χ4n) is 2.46. The van der Waals surface area contributed by atoms with Gasteiger partial charge in [-0.05, 0) is 31.4 Å². The second kappa shape index (κ2) is 5.85. The maximum atomic E-state index is 12.0. The normalized spacial score (nSPS) is 24.5. The molecule has 2 rings (SSSR count). The zero-order valence-corrected chi connectivity index (χ0v) is 13.8. The van der Waals surface area contributed by atoms with Crippen molar-refractivity contribution in [1.82, 2.24) is 5.32 Å². The summed E-state index contributed by atoms with van der Waals surface area (Å²) < 4.78 is 24.0. The van der Waals surface area contributed by atoms with Crippen LogP contribution in [0.15, 0.2) is 28.7 Å². The Morgan fingerprint density at radius 1 is 1.40 bits per heavy atom. The van der Waals surface area contributed by atoms with Crippen molar-refractivity contribution in [2.75, 3.05) is 11.5 Å². The largest absolute Gasteiger partial charge is 0.350 e. The molecule has 1 aliphatic heterocycles. The van der Waals surface area contributed by atoms with E-state index >= 15 is 0 Å². The lowest BCUT2D eigenvalue weighted by Gasteiger charge is -2.23. The molecular weight excluding hydrogens is 342 g/mol. The van der Waals surface area contributed by atoms with Crippen molar-refractivity contribution in [2.45, 2.75) is 31.7 Å². The Morgan fingerprint density at radius 2 is 2.10 bits per heavy atom. The van der Waals surface area contributed by atoms with Crippen LogP contribution in [0, 0.1) is 0 Å². The van der Waals surface area contributed by atoms with Crippen molar-refractivity contribution in [2.24, 2.45) is 0 Å². The van der Waals surface area contributed by atoms with Gasteiger partial charge in [-0.3, -0.25) is 4.79 Å². The first kappa shape index (κ1) is 15.5. The highest BCUT2D eigenvalue weighted by molar-refractivity contribution is 9.10. The van der Waals surface area contributed by atoms with Crippen LogP contribution in [0.3, 0.4) is 0 Å². The Hall–Kier alpha value is -0.880. The van der Waals surface area contributed by atoms with Gasteiger partial charge in [0.15, 0.2) is 9.84 Å². The molecule has 1 atom stereocenters. The highest BCUT2D eigenvalue weighted by Gasteiger charge is 2.39. The summed E-state index contributed by atoms with van der Waals surface area (Å²) in [6, 6.07) is 7.78. The lowest BCUT2D eigenvalue weighted by Crippen LogP contribution is -2.47. The standard InChI is InChI=1S/C14H18BrNO3S/c1-14(8-9-20(18,19)10-14)16-13(17)7-6-11-4-2-3-5-12(11)15/h2-5H,6-10H2,1H3,(H,16,17). The third-order valence-corrected chi connectivity index (χ3v) is 6.20. The molecule has 1 fully saturated rings. The lowest BCUT2D eigenvalue weighted by molar-refractivity contribution is -0.122. The van der Waals surface area contributed by atoms with E-state index in [0.717, 1.165) is 10.0 Å². The van der Waals surface area contributed by atoms with Crippen molar-refractivity contribution < 1.29 is 13.2 Å². The van der Waals surface area contributed by atoms with Crippen molar-refractivity contribution in [3.63, 3.8) is 0 Å². The Bertz CT molecular complexity index is 615. The molecule has 1 unspecified atom stereocenters. The van der Waals surface area contributed by atoms with E-state index in [0.29, 0.717) is 19.3 Å². The number of nitrogens with one attached hydrogen (secondary N) is 1. The molecule has 1 N–H and O–H groups in total. The number of amides is 1. The quantitative estimate of drug-likeness (QED) is 0.894. The van der Waals surface area contributed by atoms with Crippen LogP contribution in [-0.2, 0) is 21.1 Å². The van der Waals surface area contributed by atoms with Crippen molar-refractivity contribution >= 4 is 31.7 Å². The second-order valence-electron chi connectivity index (χ2n) is 5.54. The van der Waals surface area contributed by atoms with Crippen LogP contribution in [0.4, 0.5) is 0 Å². The molecule has 1 amide bonds. The minimum Gasteiger partial charge on any atom is -0.350 e. The molecule has 0 aromatic heterocycles. The molecule has 4 nitrogen and oxygen atoms in total. The molecule has 0 radical (unpaired) electrons. The van der Waals surface area contributed by atoms with Gasteiger partial charge in [0.2, 0.25) is 5.91 Å². The number of hydrogen-bond acceptors (Lipinski definition) is 3. The van der Waals surface area contributed by atoms with E-state index < -0.39 is 15.4 Å². The summed E-state index contributed by atoms with van der Waals surface area (Å²) >= 11 is 3.45. The highest BCUT2D eigenvalue weighted by Crippen LogP contribution is 2.23. The summed E-state index contributed by atoms with van der Waals surface area (Å²) in [5.41, 5.74) is 0.468. The molecule has 0 bridgehead atoms.